The maximum Gasteiger partial charge on any atom is 0.0593 e. The average molecular weight is 216 g/mol. The molecule has 0 saturated carbocycles. The minimum absolute atomic E-state index is 0.587. The molecule has 1 atom stereocenters. The Hall–Kier alpha value is -0.160. The van der Waals surface area contributed by atoms with E-state index in [2.05, 4.69) is 17.1 Å². The van der Waals surface area contributed by atoms with Crippen molar-refractivity contribution < 1.29 is 9.47 Å². The molecule has 0 aromatic rings. The normalized spacial score (nSPS) is 21.2. The Labute approximate surface area is 92.9 Å². The minimum Gasteiger partial charge on any atom is -0.383 e. The van der Waals surface area contributed by atoms with Gasteiger partial charge in [0.05, 0.1) is 13.2 Å². The second-order valence-corrected chi connectivity index (χ2v) is 4.05. The molecule has 4 heteroatoms. The second kappa shape index (κ2) is 8.05. The molecule has 1 N–H and O–H groups in total. The molecule has 1 saturated heterocycles. The number of nitrogens with zero attached hydrogens (tertiary/aromatic N) is 1. The van der Waals surface area contributed by atoms with Crippen LogP contribution in [0.2, 0.25) is 0 Å². The van der Waals surface area contributed by atoms with Crippen LogP contribution in [0.25, 0.3) is 0 Å². The van der Waals surface area contributed by atoms with E-state index in [1.54, 1.807) is 7.11 Å². The van der Waals surface area contributed by atoms with Crippen LogP contribution >= 0.6 is 0 Å². The summed E-state index contributed by atoms with van der Waals surface area (Å²) in [5.74, 6) is 0. The lowest BCUT2D eigenvalue weighted by molar-refractivity contribution is 0.132. The zero-order valence-corrected chi connectivity index (χ0v) is 10.00. The lowest BCUT2D eigenvalue weighted by Gasteiger charge is -2.27. The largest absolute Gasteiger partial charge is 0.383 e. The number of hydrogen-bond donors (Lipinski definition) is 1. The second-order valence-electron chi connectivity index (χ2n) is 4.05. The highest BCUT2D eigenvalue weighted by Crippen LogP contribution is 2.03. The molecule has 1 heterocycles. The van der Waals surface area contributed by atoms with Gasteiger partial charge >= 0.3 is 0 Å². The van der Waals surface area contributed by atoms with Crippen LogP contribution in [0.5, 0.6) is 0 Å². The van der Waals surface area contributed by atoms with Gasteiger partial charge in [-0.2, -0.15) is 0 Å². The Morgan fingerprint density at radius 2 is 2.27 bits per heavy atom. The molecule has 0 spiro atoms. The van der Waals surface area contributed by atoms with Gasteiger partial charge in [0.15, 0.2) is 0 Å². The van der Waals surface area contributed by atoms with E-state index in [4.69, 9.17) is 9.47 Å². The fraction of sp³-hybridized carbons (Fsp3) is 1.00. The number of rotatable bonds is 6. The van der Waals surface area contributed by atoms with Crippen molar-refractivity contribution in [1.29, 1.82) is 0 Å². The van der Waals surface area contributed by atoms with Gasteiger partial charge in [-0.05, 0) is 13.3 Å². The predicted octanol–water partition coefficient (Wildman–Crippen LogP) is 0.333. The number of methoxy groups -OCH3 is 1. The summed E-state index contributed by atoms with van der Waals surface area (Å²) in [6.07, 6.45) is 1.16. The fourth-order valence-corrected chi connectivity index (χ4v) is 1.82. The molecule has 0 amide bonds. The maximum atomic E-state index is 5.44. The third-order valence-corrected chi connectivity index (χ3v) is 2.80. The van der Waals surface area contributed by atoms with Crippen molar-refractivity contribution in [2.45, 2.75) is 19.4 Å². The van der Waals surface area contributed by atoms with Gasteiger partial charge < -0.3 is 14.8 Å². The Morgan fingerprint density at radius 1 is 1.40 bits per heavy atom. The van der Waals surface area contributed by atoms with Gasteiger partial charge in [-0.15, -0.1) is 0 Å². The first-order chi connectivity index (χ1) is 7.34. The van der Waals surface area contributed by atoms with Crippen LogP contribution in [0.4, 0.5) is 0 Å². The average Bonchev–Trinajstić information content (AvgIpc) is 2.52. The Balaban J connectivity index is 2.11. The van der Waals surface area contributed by atoms with Crippen LogP contribution in [0, 0.1) is 0 Å². The summed E-state index contributed by atoms with van der Waals surface area (Å²) in [6, 6.07) is 0.587. The van der Waals surface area contributed by atoms with Crippen LogP contribution < -0.4 is 5.32 Å². The lowest BCUT2D eigenvalue weighted by atomic mass is 10.2. The van der Waals surface area contributed by atoms with Gasteiger partial charge in [0.25, 0.3) is 0 Å². The first kappa shape index (κ1) is 12.9. The van der Waals surface area contributed by atoms with Crippen molar-refractivity contribution in [3.63, 3.8) is 0 Å². The van der Waals surface area contributed by atoms with Gasteiger partial charge in [0.2, 0.25) is 0 Å². The third kappa shape index (κ3) is 5.47. The van der Waals surface area contributed by atoms with Crippen molar-refractivity contribution in [2.75, 3.05) is 53.1 Å². The fourth-order valence-electron chi connectivity index (χ4n) is 1.82. The maximum absolute atomic E-state index is 5.44. The predicted molar refractivity (Wildman–Crippen MR) is 61.2 cm³/mol. The van der Waals surface area contributed by atoms with Crippen LogP contribution in [0.15, 0.2) is 0 Å². The molecule has 0 radical (unpaired) electrons. The molecule has 15 heavy (non-hydrogen) atoms. The molecule has 0 aromatic heterocycles. The van der Waals surface area contributed by atoms with Crippen LogP contribution in [0.1, 0.15) is 13.3 Å². The first-order valence-corrected chi connectivity index (χ1v) is 5.86. The van der Waals surface area contributed by atoms with E-state index < -0.39 is 0 Å². The molecular weight excluding hydrogens is 192 g/mol. The van der Waals surface area contributed by atoms with E-state index in [0.29, 0.717) is 6.04 Å². The SMILES string of the molecule is COCCNCC(C)N1CCCOCC1. The first-order valence-electron chi connectivity index (χ1n) is 5.86. The van der Waals surface area contributed by atoms with Crippen LogP contribution in [-0.4, -0.2) is 64.1 Å². The van der Waals surface area contributed by atoms with Gasteiger partial charge in [0, 0.05) is 45.9 Å². The summed E-state index contributed by atoms with van der Waals surface area (Å²) < 4.78 is 10.4. The van der Waals surface area contributed by atoms with Crippen LogP contribution in [-0.2, 0) is 9.47 Å². The molecule has 4 nitrogen and oxygen atoms in total. The van der Waals surface area contributed by atoms with E-state index in [1.165, 1.54) is 0 Å². The number of hydrogen-bond acceptors (Lipinski definition) is 4. The molecule has 1 aliphatic rings. The molecule has 0 bridgehead atoms. The highest BCUT2D eigenvalue weighted by molar-refractivity contribution is 4.71. The van der Waals surface area contributed by atoms with Gasteiger partial charge in [-0.1, -0.05) is 0 Å². The molecule has 90 valence electrons. The quantitative estimate of drug-likeness (QED) is 0.649. The molecule has 1 fully saturated rings. The molecule has 0 aliphatic carbocycles. The van der Waals surface area contributed by atoms with Crippen molar-refractivity contribution >= 4 is 0 Å². The van der Waals surface area contributed by atoms with Gasteiger partial charge in [-0.25, -0.2) is 0 Å². The van der Waals surface area contributed by atoms with E-state index in [0.717, 1.165) is 52.4 Å². The Kier molecular flexibility index (Phi) is 6.92. The summed E-state index contributed by atoms with van der Waals surface area (Å²) >= 11 is 0. The standard InChI is InChI=1S/C11H24N2O2/c1-11(10-12-4-8-14-2)13-5-3-7-15-9-6-13/h11-12H,3-10H2,1-2H3. The topological polar surface area (TPSA) is 33.7 Å². The molecule has 1 aliphatic heterocycles. The van der Waals surface area contributed by atoms with Crippen LogP contribution in [0.3, 0.4) is 0 Å². The van der Waals surface area contributed by atoms with Gasteiger partial charge in [0.1, 0.15) is 0 Å². The molecule has 0 aromatic carbocycles. The lowest BCUT2D eigenvalue weighted by Crippen LogP contribution is -2.42. The summed E-state index contributed by atoms with van der Waals surface area (Å²) in [6.45, 7) is 9.04. The van der Waals surface area contributed by atoms with Crippen molar-refractivity contribution in [3.8, 4) is 0 Å². The molecule has 1 unspecified atom stereocenters. The highest BCUT2D eigenvalue weighted by Gasteiger charge is 2.14. The summed E-state index contributed by atoms with van der Waals surface area (Å²) in [5.41, 5.74) is 0. The molecular formula is C11H24N2O2. The highest BCUT2D eigenvalue weighted by atomic mass is 16.5. The monoisotopic (exact) mass is 216 g/mol. The van der Waals surface area contributed by atoms with Crippen molar-refractivity contribution in [2.24, 2.45) is 0 Å². The molecule has 1 rings (SSSR count). The zero-order chi connectivity index (χ0) is 10.9. The minimum atomic E-state index is 0.587. The third-order valence-electron chi connectivity index (χ3n) is 2.80. The Morgan fingerprint density at radius 3 is 3.07 bits per heavy atom. The van der Waals surface area contributed by atoms with E-state index in [9.17, 15) is 0 Å². The van der Waals surface area contributed by atoms with Gasteiger partial charge in [-0.3, -0.25) is 4.90 Å². The van der Waals surface area contributed by atoms with E-state index >= 15 is 0 Å². The summed E-state index contributed by atoms with van der Waals surface area (Å²) in [4.78, 5) is 2.49. The number of ether oxygens (including phenoxy) is 2. The smallest absolute Gasteiger partial charge is 0.0593 e. The van der Waals surface area contributed by atoms with E-state index in [1.807, 2.05) is 0 Å². The van der Waals surface area contributed by atoms with Crippen molar-refractivity contribution in [3.05, 3.63) is 0 Å². The summed E-state index contributed by atoms with van der Waals surface area (Å²) in [5, 5.41) is 3.40. The van der Waals surface area contributed by atoms with E-state index in [-0.39, 0.29) is 0 Å². The van der Waals surface area contributed by atoms with Crippen molar-refractivity contribution in [1.82, 2.24) is 10.2 Å². The Bertz CT molecular complexity index is 148. The summed E-state index contributed by atoms with van der Waals surface area (Å²) in [7, 11) is 1.73. The number of nitrogens with one attached hydrogen (secondary N) is 1. The zero-order valence-electron chi connectivity index (χ0n) is 10.00.